The minimum absolute atomic E-state index is 0.0793. The van der Waals surface area contributed by atoms with Crippen LogP contribution in [0.1, 0.15) is 75.7 Å². The van der Waals surface area contributed by atoms with E-state index in [1.54, 1.807) is 22.7 Å². The predicted octanol–water partition coefficient (Wildman–Crippen LogP) is 3.18. The summed E-state index contributed by atoms with van der Waals surface area (Å²) in [7, 11) is 0. The molecule has 4 unspecified atom stereocenters. The molecule has 34 heavy (non-hydrogen) atoms. The van der Waals surface area contributed by atoms with Gasteiger partial charge in [-0.25, -0.2) is 4.79 Å². The molecule has 0 saturated carbocycles. The van der Waals surface area contributed by atoms with Crippen molar-refractivity contribution in [3.8, 4) is 0 Å². The number of hydrogen-bond donors (Lipinski definition) is 3. The van der Waals surface area contributed by atoms with E-state index in [4.69, 9.17) is 0 Å². The predicted molar refractivity (Wildman–Crippen MR) is 131 cm³/mol. The molecule has 2 aliphatic rings. The van der Waals surface area contributed by atoms with Gasteiger partial charge in [-0.2, -0.15) is 0 Å². The molecule has 1 fully saturated rings. The molecule has 0 aliphatic carbocycles. The number of fused-ring (bicyclic) bond motifs is 3. The van der Waals surface area contributed by atoms with E-state index in [0.29, 0.717) is 12.0 Å². The Kier molecular flexibility index (Phi) is 7.65. The second kappa shape index (κ2) is 9.98. The Labute approximate surface area is 205 Å². The van der Waals surface area contributed by atoms with Crippen LogP contribution in [0.5, 0.6) is 0 Å². The van der Waals surface area contributed by atoms with E-state index in [2.05, 4.69) is 10.6 Å². The SMILES string of the molecule is CC(C)CC(NC(=O)C(CC(C)C)NC(=O)C1N2C(=O)c3ccccc3C2SC1(C)C)C(=O)O. The summed E-state index contributed by atoms with van der Waals surface area (Å²) in [6.07, 6.45) is 0.640. The molecule has 8 nitrogen and oxygen atoms in total. The fourth-order valence-corrected chi connectivity index (χ4v) is 6.31. The Morgan fingerprint density at radius 1 is 1.03 bits per heavy atom. The van der Waals surface area contributed by atoms with Crippen LogP contribution >= 0.6 is 11.8 Å². The molecule has 0 bridgehead atoms. The van der Waals surface area contributed by atoms with E-state index in [0.717, 1.165) is 5.56 Å². The van der Waals surface area contributed by atoms with Gasteiger partial charge in [0, 0.05) is 10.3 Å². The maximum Gasteiger partial charge on any atom is 0.326 e. The molecule has 1 aromatic carbocycles. The Balaban J connectivity index is 1.82. The lowest BCUT2D eigenvalue weighted by molar-refractivity contribution is -0.142. The molecule has 1 aromatic rings. The number of nitrogens with zero attached hydrogens (tertiary/aromatic N) is 1. The molecule has 0 aromatic heterocycles. The Bertz CT molecular complexity index is 977. The van der Waals surface area contributed by atoms with Gasteiger partial charge in [-0.05, 0) is 50.2 Å². The van der Waals surface area contributed by atoms with Crippen LogP contribution in [-0.2, 0) is 14.4 Å². The summed E-state index contributed by atoms with van der Waals surface area (Å²) in [5, 5.41) is 14.7. The molecular formula is C25H35N3O5S. The van der Waals surface area contributed by atoms with Crippen LogP contribution in [0.25, 0.3) is 0 Å². The van der Waals surface area contributed by atoms with E-state index >= 15 is 0 Å². The molecule has 9 heteroatoms. The summed E-state index contributed by atoms with van der Waals surface area (Å²) >= 11 is 1.56. The highest BCUT2D eigenvalue weighted by molar-refractivity contribution is 8.01. The average Bonchev–Trinajstić information content (AvgIpc) is 3.15. The van der Waals surface area contributed by atoms with Crippen molar-refractivity contribution >= 4 is 35.5 Å². The van der Waals surface area contributed by atoms with Crippen molar-refractivity contribution in [2.24, 2.45) is 11.8 Å². The third-order valence-electron chi connectivity index (χ3n) is 6.21. The Hall–Kier alpha value is -2.55. The van der Waals surface area contributed by atoms with Gasteiger partial charge in [0.25, 0.3) is 5.91 Å². The molecule has 4 atom stereocenters. The lowest BCUT2D eigenvalue weighted by Gasteiger charge is -2.31. The molecule has 1 saturated heterocycles. The number of carboxylic acid groups (broad SMARTS) is 1. The van der Waals surface area contributed by atoms with E-state index in [1.165, 1.54) is 0 Å². The van der Waals surface area contributed by atoms with Gasteiger partial charge >= 0.3 is 5.97 Å². The first-order valence-electron chi connectivity index (χ1n) is 11.8. The zero-order valence-corrected chi connectivity index (χ0v) is 21.4. The molecule has 186 valence electrons. The largest absolute Gasteiger partial charge is 0.480 e. The number of carbonyl (C=O) groups excluding carboxylic acids is 3. The highest BCUT2D eigenvalue weighted by Crippen LogP contribution is 2.56. The fourth-order valence-electron chi connectivity index (χ4n) is 4.72. The first kappa shape index (κ1) is 26.1. The standard InChI is InChI=1S/C25H35N3O5S/c1-13(2)11-17(20(29)27-18(24(32)33)12-14(3)4)26-21(30)19-25(5,6)34-23-16-10-8-7-9-15(16)22(31)28(19)23/h7-10,13-14,17-19,23H,11-12H2,1-6H3,(H,26,30)(H,27,29)(H,32,33). The second-order valence-corrected chi connectivity index (χ2v) is 12.2. The Morgan fingerprint density at radius 2 is 1.62 bits per heavy atom. The van der Waals surface area contributed by atoms with Crippen molar-refractivity contribution in [1.29, 1.82) is 0 Å². The van der Waals surface area contributed by atoms with Gasteiger partial charge in [-0.15, -0.1) is 11.8 Å². The normalized spacial score (nSPS) is 22.4. The zero-order chi connectivity index (χ0) is 25.4. The molecule has 2 aliphatic heterocycles. The highest BCUT2D eigenvalue weighted by Gasteiger charge is 2.57. The van der Waals surface area contributed by atoms with Gasteiger partial charge in [-0.1, -0.05) is 45.9 Å². The van der Waals surface area contributed by atoms with Crippen molar-refractivity contribution in [3.05, 3.63) is 35.4 Å². The van der Waals surface area contributed by atoms with Crippen LogP contribution < -0.4 is 10.6 Å². The van der Waals surface area contributed by atoms with E-state index in [9.17, 15) is 24.3 Å². The van der Waals surface area contributed by atoms with Crippen LogP contribution in [-0.4, -0.2) is 56.6 Å². The van der Waals surface area contributed by atoms with Crippen molar-refractivity contribution < 1.29 is 24.3 Å². The summed E-state index contributed by atoms with van der Waals surface area (Å²) < 4.78 is -0.571. The third kappa shape index (κ3) is 5.24. The maximum absolute atomic E-state index is 13.6. The van der Waals surface area contributed by atoms with Crippen molar-refractivity contribution in [1.82, 2.24) is 15.5 Å². The number of hydrogen-bond acceptors (Lipinski definition) is 5. The van der Waals surface area contributed by atoms with Gasteiger partial charge in [0.15, 0.2) is 0 Å². The summed E-state index contributed by atoms with van der Waals surface area (Å²) in [5.74, 6) is -2.06. The van der Waals surface area contributed by atoms with Gasteiger partial charge in [0.05, 0.1) is 0 Å². The highest BCUT2D eigenvalue weighted by atomic mass is 32.2. The molecule has 0 spiro atoms. The van der Waals surface area contributed by atoms with Gasteiger partial charge in [0.2, 0.25) is 11.8 Å². The minimum atomic E-state index is -1.10. The number of carboxylic acids is 1. The number of nitrogens with one attached hydrogen (secondary N) is 2. The van der Waals surface area contributed by atoms with E-state index in [-0.39, 0.29) is 29.5 Å². The smallest absolute Gasteiger partial charge is 0.326 e. The lowest BCUT2D eigenvalue weighted by Crippen LogP contribution is -2.58. The van der Waals surface area contributed by atoms with Gasteiger partial charge in [-0.3, -0.25) is 14.4 Å². The molecule has 3 N–H and O–H groups in total. The Morgan fingerprint density at radius 3 is 2.21 bits per heavy atom. The van der Waals surface area contributed by atoms with Crippen LogP contribution in [0.2, 0.25) is 0 Å². The second-order valence-electron chi connectivity index (χ2n) is 10.5. The minimum Gasteiger partial charge on any atom is -0.480 e. The van der Waals surface area contributed by atoms with E-state index < -0.39 is 40.7 Å². The molecule has 0 radical (unpaired) electrons. The van der Waals surface area contributed by atoms with Crippen molar-refractivity contribution in [2.45, 2.75) is 82.6 Å². The number of benzene rings is 1. The zero-order valence-electron chi connectivity index (χ0n) is 20.6. The number of aliphatic carboxylic acids is 1. The quantitative estimate of drug-likeness (QED) is 0.491. The summed E-state index contributed by atoms with van der Waals surface area (Å²) in [6.45, 7) is 11.5. The summed E-state index contributed by atoms with van der Waals surface area (Å²) in [6, 6.07) is 4.68. The number of thioether (sulfide) groups is 1. The lowest BCUT2D eigenvalue weighted by atomic mass is 9.97. The maximum atomic E-state index is 13.6. The first-order valence-corrected chi connectivity index (χ1v) is 12.6. The monoisotopic (exact) mass is 489 g/mol. The van der Waals surface area contributed by atoms with Crippen LogP contribution in [0.4, 0.5) is 0 Å². The van der Waals surface area contributed by atoms with Gasteiger partial charge < -0.3 is 20.6 Å². The van der Waals surface area contributed by atoms with Crippen LogP contribution in [0.3, 0.4) is 0 Å². The first-order chi connectivity index (χ1) is 15.8. The molecule has 3 rings (SSSR count). The fraction of sp³-hybridized carbons (Fsp3) is 0.600. The molecular weight excluding hydrogens is 454 g/mol. The number of rotatable bonds is 9. The van der Waals surface area contributed by atoms with Crippen LogP contribution in [0, 0.1) is 11.8 Å². The van der Waals surface area contributed by atoms with Gasteiger partial charge in [0.1, 0.15) is 23.5 Å². The van der Waals surface area contributed by atoms with Crippen molar-refractivity contribution in [2.75, 3.05) is 0 Å². The number of carbonyl (C=O) groups is 4. The van der Waals surface area contributed by atoms with E-state index in [1.807, 2.05) is 59.7 Å². The molecule has 2 heterocycles. The number of amides is 3. The van der Waals surface area contributed by atoms with Crippen LogP contribution in [0.15, 0.2) is 24.3 Å². The third-order valence-corrected chi connectivity index (χ3v) is 7.74. The average molecular weight is 490 g/mol. The summed E-state index contributed by atoms with van der Waals surface area (Å²) in [5.41, 5.74) is 1.50. The summed E-state index contributed by atoms with van der Waals surface area (Å²) in [4.78, 5) is 53.1. The topological polar surface area (TPSA) is 116 Å². The molecule has 3 amide bonds. The van der Waals surface area contributed by atoms with Crippen molar-refractivity contribution in [3.63, 3.8) is 0 Å².